The topological polar surface area (TPSA) is 40.1 Å². The lowest BCUT2D eigenvalue weighted by molar-refractivity contribution is 0.537. The predicted molar refractivity (Wildman–Crippen MR) is 43.1 cm³/mol. The SMILES string of the molecule is Cc1ccc(S(=O)[O-])cc1C. The summed E-state index contributed by atoms with van der Waals surface area (Å²) in [5.41, 5.74) is 2.12. The predicted octanol–water partition coefficient (Wildman–Crippen LogP) is 1.54. The van der Waals surface area contributed by atoms with Crippen LogP contribution in [0.2, 0.25) is 0 Å². The minimum absolute atomic E-state index is 0.355. The van der Waals surface area contributed by atoms with Crippen molar-refractivity contribution >= 4 is 11.1 Å². The Morgan fingerprint density at radius 1 is 1.27 bits per heavy atom. The van der Waals surface area contributed by atoms with Crippen molar-refractivity contribution in [3.8, 4) is 0 Å². The summed E-state index contributed by atoms with van der Waals surface area (Å²) >= 11 is -2.10. The fourth-order valence-electron chi connectivity index (χ4n) is 0.818. The highest BCUT2D eigenvalue weighted by Crippen LogP contribution is 2.11. The van der Waals surface area contributed by atoms with Crippen LogP contribution in [0.3, 0.4) is 0 Å². The number of rotatable bonds is 1. The molecule has 0 saturated heterocycles. The van der Waals surface area contributed by atoms with Crippen molar-refractivity contribution < 1.29 is 8.76 Å². The van der Waals surface area contributed by atoms with Crippen LogP contribution in [0.25, 0.3) is 0 Å². The van der Waals surface area contributed by atoms with Gasteiger partial charge in [-0.05, 0) is 48.2 Å². The number of hydrogen-bond acceptors (Lipinski definition) is 2. The maximum Gasteiger partial charge on any atom is 0.0251 e. The van der Waals surface area contributed by atoms with Gasteiger partial charge >= 0.3 is 0 Å². The van der Waals surface area contributed by atoms with Crippen LogP contribution in [0.5, 0.6) is 0 Å². The van der Waals surface area contributed by atoms with Crippen molar-refractivity contribution in [2.45, 2.75) is 18.7 Å². The molecule has 0 aliphatic heterocycles. The molecule has 0 saturated carbocycles. The van der Waals surface area contributed by atoms with Gasteiger partial charge in [0.2, 0.25) is 0 Å². The number of benzene rings is 1. The maximum absolute atomic E-state index is 10.5. The van der Waals surface area contributed by atoms with E-state index in [1.165, 1.54) is 0 Å². The van der Waals surface area contributed by atoms with Gasteiger partial charge in [-0.25, -0.2) is 0 Å². The summed E-state index contributed by atoms with van der Waals surface area (Å²) in [7, 11) is 0. The summed E-state index contributed by atoms with van der Waals surface area (Å²) in [6.07, 6.45) is 0. The molecule has 0 amide bonds. The Hall–Kier alpha value is -0.670. The summed E-state index contributed by atoms with van der Waals surface area (Å²) in [5, 5.41) is 0. The van der Waals surface area contributed by atoms with Crippen molar-refractivity contribution in [3.63, 3.8) is 0 Å². The van der Waals surface area contributed by atoms with E-state index in [9.17, 15) is 8.76 Å². The van der Waals surface area contributed by atoms with E-state index in [2.05, 4.69) is 0 Å². The molecule has 0 N–H and O–H groups in total. The van der Waals surface area contributed by atoms with Crippen LogP contribution in [0, 0.1) is 13.8 Å². The van der Waals surface area contributed by atoms with Gasteiger partial charge in [-0.2, -0.15) is 0 Å². The Morgan fingerprint density at radius 2 is 1.91 bits per heavy atom. The van der Waals surface area contributed by atoms with Gasteiger partial charge in [0.05, 0.1) is 0 Å². The molecule has 0 aliphatic rings. The zero-order valence-corrected chi connectivity index (χ0v) is 7.27. The fourth-order valence-corrected chi connectivity index (χ4v) is 1.27. The van der Waals surface area contributed by atoms with E-state index in [-0.39, 0.29) is 0 Å². The van der Waals surface area contributed by atoms with E-state index in [0.717, 1.165) is 11.1 Å². The average molecular weight is 169 g/mol. The van der Waals surface area contributed by atoms with Crippen LogP contribution < -0.4 is 0 Å². The van der Waals surface area contributed by atoms with Gasteiger partial charge in [0.25, 0.3) is 0 Å². The first-order valence-corrected chi connectivity index (χ1v) is 4.35. The molecule has 1 unspecified atom stereocenters. The Balaban J connectivity index is 3.15. The van der Waals surface area contributed by atoms with E-state index in [1.54, 1.807) is 18.2 Å². The van der Waals surface area contributed by atoms with Crippen LogP contribution >= 0.6 is 0 Å². The van der Waals surface area contributed by atoms with Gasteiger partial charge in [-0.3, -0.25) is 4.21 Å². The number of hydrogen-bond donors (Lipinski definition) is 0. The molecule has 0 aromatic heterocycles. The van der Waals surface area contributed by atoms with E-state index in [0.29, 0.717) is 4.90 Å². The van der Waals surface area contributed by atoms with Crippen LogP contribution in [0.15, 0.2) is 23.1 Å². The zero-order chi connectivity index (χ0) is 8.43. The molecular weight excluding hydrogens is 160 g/mol. The van der Waals surface area contributed by atoms with Crippen molar-refractivity contribution in [1.29, 1.82) is 0 Å². The van der Waals surface area contributed by atoms with Gasteiger partial charge in [0, 0.05) is 4.90 Å². The van der Waals surface area contributed by atoms with Gasteiger partial charge in [-0.1, -0.05) is 6.07 Å². The largest absolute Gasteiger partial charge is 0.768 e. The summed E-state index contributed by atoms with van der Waals surface area (Å²) in [4.78, 5) is 0.355. The van der Waals surface area contributed by atoms with Crippen LogP contribution in [-0.4, -0.2) is 8.76 Å². The summed E-state index contributed by atoms with van der Waals surface area (Å²) < 4.78 is 20.9. The monoisotopic (exact) mass is 169 g/mol. The molecule has 2 nitrogen and oxygen atoms in total. The number of aryl methyl sites for hydroxylation is 2. The zero-order valence-electron chi connectivity index (χ0n) is 6.46. The van der Waals surface area contributed by atoms with Gasteiger partial charge in [0.1, 0.15) is 0 Å². The Kier molecular flexibility index (Phi) is 2.42. The lowest BCUT2D eigenvalue weighted by Crippen LogP contribution is -1.90. The normalized spacial score (nSPS) is 13.0. The van der Waals surface area contributed by atoms with Gasteiger partial charge < -0.3 is 4.55 Å². The second-order valence-corrected chi connectivity index (χ2v) is 3.42. The highest BCUT2D eigenvalue weighted by Gasteiger charge is 1.94. The maximum atomic E-state index is 10.5. The van der Waals surface area contributed by atoms with Crippen LogP contribution in [0.4, 0.5) is 0 Å². The van der Waals surface area contributed by atoms with E-state index >= 15 is 0 Å². The summed E-state index contributed by atoms with van der Waals surface area (Å²) in [6.45, 7) is 3.85. The molecule has 1 aromatic rings. The van der Waals surface area contributed by atoms with Crippen molar-refractivity contribution in [2.24, 2.45) is 0 Å². The summed E-state index contributed by atoms with van der Waals surface area (Å²) in [6, 6.07) is 5.07. The van der Waals surface area contributed by atoms with Crippen molar-refractivity contribution in [2.75, 3.05) is 0 Å². The summed E-state index contributed by atoms with van der Waals surface area (Å²) in [5.74, 6) is 0. The first-order chi connectivity index (χ1) is 5.11. The molecule has 11 heavy (non-hydrogen) atoms. The van der Waals surface area contributed by atoms with E-state index in [1.807, 2.05) is 13.8 Å². The molecule has 0 heterocycles. The Labute approximate surface area is 68.5 Å². The van der Waals surface area contributed by atoms with E-state index in [4.69, 9.17) is 0 Å². The van der Waals surface area contributed by atoms with Crippen LogP contribution in [-0.2, 0) is 11.1 Å². The average Bonchev–Trinajstić information content (AvgIpc) is 1.94. The fraction of sp³-hybridized carbons (Fsp3) is 0.250. The molecule has 3 heteroatoms. The highest BCUT2D eigenvalue weighted by atomic mass is 32.2. The second-order valence-electron chi connectivity index (χ2n) is 2.48. The third-order valence-corrected chi connectivity index (χ3v) is 2.31. The van der Waals surface area contributed by atoms with Crippen molar-refractivity contribution in [3.05, 3.63) is 29.3 Å². The molecule has 0 fully saturated rings. The third-order valence-electron chi connectivity index (χ3n) is 1.67. The highest BCUT2D eigenvalue weighted by molar-refractivity contribution is 7.79. The van der Waals surface area contributed by atoms with Gasteiger partial charge in [0.15, 0.2) is 0 Å². The minimum Gasteiger partial charge on any atom is -0.768 e. The lowest BCUT2D eigenvalue weighted by atomic mass is 10.1. The van der Waals surface area contributed by atoms with E-state index < -0.39 is 11.1 Å². The molecule has 1 atom stereocenters. The Morgan fingerprint density at radius 3 is 2.36 bits per heavy atom. The standard InChI is InChI=1S/C8H10O2S/c1-6-3-4-8(11(9)10)5-7(6)2/h3-5H,1-2H3,(H,9,10)/p-1. The lowest BCUT2D eigenvalue weighted by Gasteiger charge is -2.06. The molecule has 0 radical (unpaired) electrons. The molecule has 60 valence electrons. The quantitative estimate of drug-likeness (QED) is 0.598. The minimum atomic E-state index is -2.10. The molecule has 1 rings (SSSR count). The first kappa shape index (κ1) is 8.43. The molecule has 0 bridgehead atoms. The third kappa shape index (κ3) is 1.88. The Bertz CT molecular complexity index is 294. The molecule has 1 aromatic carbocycles. The first-order valence-electron chi connectivity index (χ1n) is 3.28. The molecule has 0 spiro atoms. The van der Waals surface area contributed by atoms with Crippen LogP contribution in [0.1, 0.15) is 11.1 Å². The smallest absolute Gasteiger partial charge is 0.0251 e. The molecular formula is C8H9O2S-. The second kappa shape index (κ2) is 3.15. The molecule has 0 aliphatic carbocycles. The van der Waals surface area contributed by atoms with Gasteiger partial charge in [-0.15, -0.1) is 0 Å². The van der Waals surface area contributed by atoms with Crippen molar-refractivity contribution in [1.82, 2.24) is 0 Å².